The fourth-order valence-electron chi connectivity index (χ4n) is 3.39. The molecule has 0 spiro atoms. The Kier molecular flexibility index (Phi) is 4.52. The lowest BCUT2D eigenvalue weighted by Crippen LogP contribution is -2.37. The van der Waals surface area contributed by atoms with E-state index in [0.29, 0.717) is 0 Å². The Bertz CT molecular complexity index is 516. The second kappa shape index (κ2) is 6.38. The van der Waals surface area contributed by atoms with Crippen molar-refractivity contribution in [2.24, 2.45) is 0 Å². The highest BCUT2D eigenvalue weighted by atomic mass is 32.2. The summed E-state index contributed by atoms with van der Waals surface area (Å²) in [6.07, 6.45) is 8.77. The molecule has 0 aliphatic carbocycles. The summed E-state index contributed by atoms with van der Waals surface area (Å²) in [5.41, 5.74) is 0. The molecule has 3 heterocycles. The number of aryl methyl sites for hydroxylation is 1. The molecule has 0 N–H and O–H groups in total. The quantitative estimate of drug-likeness (QED) is 0.860. The lowest BCUT2D eigenvalue weighted by molar-refractivity contribution is -0.131. The first kappa shape index (κ1) is 14.9. The topological polar surface area (TPSA) is 51.0 Å². The first-order valence-corrected chi connectivity index (χ1v) is 9.26. The van der Waals surface area contributed by atoms with Crippen molar-refractivity contribution in [3.63, 3.8) is 0 Å². The number of rotatable bonds is 3. The van der Waals surface area contributed by atoms with Gasteiger partial charge >= 0.3 is 0 Å². The van der Waals surface area contributed by atoms with Gasteiger partial charge in [0.1, 0.15) is 5.82 Å². The molecule has 6 heteroatoms. The fraction of sp³-hybridized carbons (Fsp3) is 0.800. The Balaban J connectivity index is 1.85. The van der Waals surface area contributed by atoms with E-state index in [2.05, 4.69) is 14.8 Å². The van der Waals surface area contributed by atoms with Crippen molar-refractivity contribution < 1.29 is 4.79 Å². The summed E-state index contributed by atoms with van der Waals surface area (Å²) < 4.78 is 2.28. The zero-order valence-corrected chi connectivity index (χ0v) is 13.7. The normalized spacial score (nSPS) is 23.7. The second-order valence-electron chi connectivity index (χ2n) is 6.00. The van der Waals surface area contributed by atoms with Crippen molar-refractivity contribution in [3.05, 3.63) is 11.6 Å². The van der Waals surface area contributed by atoms with E-state index in [-0.39, 0.29) is 17.2 Å². The summed E-state index contributed by atoms with van der Waals surface area (Å²) in [4.78, 5) is 14.6. The third kappa shape index (κ3) is 2.82. The summed E-state index contributed by atoms with van der Waals surface area (Å²) in [5.74, 6) is 2.38. The van der Waals surface area contributed by atoms with Gasteiger partial charge < -0.3 is 9.47 Å². The SMILES string of the molecule is CS[C@H](C)C(=O)N1CCC[C@@H]1c1nnc2n1CCCCC2. The molecule has 5 nitrogen and oxygen atoms in total. The van der Waals surface area contributed by atoms with Crippen LogP contribution in [0.15, 0.2) is 0 Å². The molecule has 0 radical (unpaired) electrons. The zero-order chi connectivity index (χ0) is 14.8. The van der Waals surface area contributed by atoms with Crippen molar-refractivity contribution in [2.75, 3.05) is 12.8 Å². The van der Waals surface area contributed by atoms with Crippen LogP contribution in [0.5, 0.6) is 0 Å². The van der Waals surface area contributed by atoms with Crippen LogP contribution in [0, 0.1) is 0 Å². The number of nitrogens with zero attached hydrogens (tertiary/aromatic N) is 4. The number of aromatic nitrogens is 3. The average Bonchev–Trinajstić information content (AvgIpc) is 3.06. The molecule has 1 aromatic heterocycles. The summed E-state index contributed by atoms with van der Waals surface area (Å²) in [7, 11) is 0. The molecule has 3 rings (SSSR count). The third-order valence-electron chi connectivity index (χ3n) is 4.67. The van der Waals surface area contributed by atoms with Crippen LogP contribution in [0.1, 0.15) is 56.7 Å². The van der Waals surface area contributed by atoms with E-state index in [1.807, 2.05) is 18.1 Å². The van der Waals surface area contributed by atoms with Gasteiger partial charge in [0, 0.05) is 19.5 Å². The summed E-state index contributed by atoms with van der Waals surface area (Å²) in [6, 6.07) is 0.131. The molecular formula is C15H24N4OS. The maximum absolute atomic E-state index is 12.6. The lowest BCUT2D eigenvalue weighted by Gasteiger charge is -2.26. The van der Waals surface area contributed by atoms with Crippen LogP contribution in [0.2, 0.25) is 0 Å². The number of amides is 1. The number of fused-ring (bicyclic) bond motifs is 1. The van der Waals surface area contributed by atoms with Crippen molar-refractivity contribution in [1.29, 1.82) is 0 Å². The van der Waals surface area contributed by atoms with Crippen LogP contribution in [0.3, 0.4) is 0 Å². The van der Waals surface area contributed by atoms with Gasteiger partial charge in [-0.2, -0.15) is 11.8 Å². The van der Waals surface area contributed by atoms with Gasteiger partial charge in [-0.3, -0.25) is 4.79 Å². The van der Waals surface area contributed by atoms with E-state index in [1.165, 1.54) is 19.3 Å². The van der Waals surface area contributed by atoms with E-state index in [4.69, 9.17) is 0 Å². The number of likely N-dealkylation sites (tertiary alicyclic amines) is 1. The van der Waals surface area contributed by atoms with Gasteiger partial charge in [0.15, 0.2) is 5.82 Å². The van der Waals surface area contributed by atoms with Gasteiger partial charge in [-0.05, 0) is 38.9 Å². The average molecular weight is 308 g/mol. The molecule has 2 aliphatic rings. The number of hydrogen-bond acceptors (Lipinski definition) is 4. The van der Waals surface area contributed by atoms with Gasteiger partial charge in [-0.1, -0.05) is 6.42 Å². The number of carbonyl (C=O) groups is 1. The van der Waals surface area contributed by atoms with Gasteiger partial charge in [0.05, 0.1) is 11.3 Å². The van der Waals surface area contributed by atoms with Crippen molar-refractivity contribution in [3.8, 4) is 0 Å². The van der Waals surface area contributed by atoms with Gasteiger partial charge in [-0.25, -0.2) is 0 Å². The molecule has 0 saturated carbocycles. The molecule has 21 heavy (non-hydrogen) atoms. The first-order chi connectivity index (χ1) is 10.2. The van der Waals surface area contributed by atoms with Crippen molar-refractivity contribution in [2.45, 2.75) is 63.3 Å². The highest BCUT2D eigenvalue weighted by Gasteiger charge is 2.35. The summed E-state index contributed by atoms with van der Waals surface area (Å²) in [6.45, 7) is 3.86. The van der Waals surface area contributed by atoms with Crippen molar-refractivity contribution in [1.82, 2.24) is 19.7 Å². The molecule has 0 aromatic carbocycles. The molecule has 1 aromatic rings. The molecule has 1 saturated heterocycles. The van der Waals surface area contributed by atoms with Gasteiger partial charge in [0.25, 0.3) is 0 Å². The smallest absolute Gasteiger partial charge is 0.236 e. The molecular weight excluding hydrogens is 284 g/mol. The van der Waals surface area contributed by atoms with Crippen LogP contribution in [-0.2, 0) is 17.8 Å². The first-order valence-electron chi connectivity index (χ1n) is 7.97. The monoisotopic (exact) mass is 308 g/mol. The summed E-state index contributed by atoms with van der Waals surface area (Å²) in [5, 5.41) is 8.87. The maximum atomic E-state index is 12.6. The standard InChI is InChI=1S/C15H24N4OS/c1-11(21-2)15(20)18-10-6-7-12(18)14-17-16-13-8-4-3-5-9-19(13)14/h11-12H,3-10H2,1-2H3/t11-,12-/m1/s1. The third-order valence-corrected chi connectivity index (χ3v) is 5.58. The van der Waals surface area contributed by atoms with Crippen LogP contribution in [0.25, 0.3) is 0 Å². The largest absolute Gasteiger partial charge is 0.331 e. The van der Waals surface area contributed by atoms with Crippen LogP contribution < -0.4 is 0 Å². The number of thioether (sulfide) groups is 1. The van der Waals surface area contributed by atoms with E-state index in [1.54, 1.807) is 11.8 Å². The van der Waals surface area contributed by atoms with E-state index < -0.39 is 0 Å². The minimum Gasteiger partial charge on any atom is -0.331 e. The van der Waals surface area contributed by atoms with E-state index >= 15 is 0 Å². The lowest BCUT2D eigenvalue weighted by atomic mass is 10.2. The van der Waals surface area contributed by atoms with Crippen LogP contribution >= 0.6 is 11.8 Å². The highest BCUT2D eigenvalue weighted by Crippen LogP contribution is 2.33. The Morgan fingerprint density at radius 1 is 1.24 bits per heavy atom. The van der Waals surface area contributed by atoms with Gasteiger partial charge in [-0.15, -0.1) is 10.2 Å². The van der Waals surface area contributed by atoms with Crippen molar-refractivity contribution >= 4 is 17.7 Å². The zero-order valence-electron chi connectivity index (χ0n) is 12.9. The molecule has 116 valence electrons. The van der Waals surface area contributed by atoms with E-state index in [9.17, 15) is 4.79 Å². The Morgan fingerprint density at radius 2 is 2.10 bits per heavy atom. The molecule has 1 amide bonds. The predicted molar refractivity (Wildman–Crippen MR) is 84.2 cm³/mol. The molecule has 0 bridgehead atoms. The minimum absolute atomic E-state index is 0.0251. The second-order valence-corrected chi connectivity index (χ2v) is 7.18. The number of carbonyl (C=O) groups excluding carboxylic acids is 1. The molecule has 2 aliphatic heterocycles. The van der Waals surface area contributed by atoms with Crippen LogP contribution in [0.4, 0.5) is 0 Å². The Hall–Kier alpha value is -1.04. The van der Waals surface area contributed by atoms with Crippen LogP contribution in [-0.4, -0.2) is 43.6 Å². The predicted octanol–water partition coefficient (Wildman–Crippen LogP) is 2.42. The molecule has 0 unspecified atom stereocenters. The number of hydrogen-bond donors (Lipinski definition) is 0. The van der Waals surface area contributed by atoms with E-state index in [0.717, 1.165) is 44.0 Å². The molecule has 1 fully saturated rings. The Morgan fingerprint density at radius 3 is 2.90 bits per heavy atom. The fourth-order valence-corrected chi connectivity index (χ4v) is 3.72. The Labute approximate surface area is 130 Å². The minimum atomic E-state index is 0.0251. The van der Waals surface area contributed by atoms with Gasteiger partial charge in [0.2, 0.25) is 5.91 Å². The maximum Gasteiger partial charge on any atom is 0.236 e. The highest BCUT2D eigenvalue weighted by molar-refractivity contribution is 7.99. The summed E-state index contributed by atoms with van der Waals surface area (Å²) >= 11 is 1.62. The molecule has 2 atom stereocenters.